The molecule has 0 saturated carbocycles. The summed E-state index contributed by atoms with van der Waals surface area (Å²) >= 11 is 5.83. The summed E-state index contributed by atoms with van der Waals surface area (Å²) in [5.41, 5.74) is 6.38. The molecule has 1 atom stereocenters. The van der Waals surface area contributed by atoms with Gasteiger partial charge in [0, 0.05) is 29.0 Å². The maximum absolute atomic E-state index is 8.40. The van der Waals surface area contributed by atoms with E-state index in [-0.39, 0.29) is 12.5 Å². The van der Waals surface area contributed by atoms with Crippen molar-refractivity contribution in [2.45, 2.75) is 12.5 Å². The normalized spacial score (nSPS) is 12.1. The van der Waals surface area contributed by atoms with Crippen molar-refractivity contribution in [1.29, 1.82) is 5.26 Å². The van der Waals surface area contributed by atoms with Gasteiger partial charge >= 0.3 is 0 Å². The first-order chi connectivity index (χ1) is 5.75. The molecule has 1 aromatic rings. The lowest BCUT2D eigenvalue weighted by Crippen LogP contribution is -2.09. The molecule has 2 N–H and O–H groups in total. The van der Waals surface area contributed by atoms with Crippen LogP contribution in [0.3, 0.4) is 0 Å². The van der Waals surface area contributed by atoms with Gasteiger partial charge in [0.05, 0.1) is 12.5 Å². The number of pyridine rings is 1. The van der Waals surface area contributed by atoms with Crippen molar-refractivity contribution in [3.8, 4) is 6.07 Å². The highest BCUT2D eigenvalue weighted by molar-refractivity contribution is 6.31. The van der Waals surface area contributed by atoms with Gasteiger partial charge in [0.15, 0.2) is 0 Å². The molecule has 0 radical (unpaired) electrons. The highest BCUT2D eigenvalue weighted by atomic mass is 35.5. The van der Waals surface area contributed by atoms with Crippen LogP contribution in [-0.4, -0.2) is 4.98 Å². The van der Waals surface area contributed by atoms with Gasteiger partial charge in [0.1, 0.15) is 0 Å². The van der Waals surface area contributed by atoms with E-state index in [0.29, 0.717) is 5.02 Å². The topological polar surface area (TPSA) is 62.7 Å². The van der Waals surface area contributed by atoms with Gasteiger partial charge in [0.25, 0.3) is 0 Å². The minimum absolute atomic E-state index is 0.255. The number of nitrogens with two attached hydrogens (primary N) is 1. The van der Waals surface area contributed by atoms with Crippen LogP contribution in [0, 0.1) is 11.3 Å². The summed E-state index contributed by atoms with van der Waals surface area (Å²) in [6, 6.07) is 3.31. The van der Waals surface area contributed by atoms with Gasteiger partial charge in [0.2, 0.25) is 0 Å². The van der Waals surface area contributed by atoms with Crippen molar-refractivity contribution >= 4 is 11.6 Å². The molecule has 0 aliphatic rings. The summed E-state index contributed by atoms with van der Waals surface area (Å²) in [7, 11) is 0. The van der Waals surface area contributed by atoms with Crippen LogP contribution in [0.25, 0.3) is 0 Å². The smallest absolute Gasteiger partial charge is 0.0641 e. The Balaban J connectivity index is 2.88. The van der Waals surface area contributed by atoms with E-state index in [0.717, 1.165) is 5.56 Å². The lowest BCUT2D eigenvalue weighted by molar-refractivity contribution is 0.744. The number of hydrogen-bond acceptors (Lipinski definition) is 3. The Bertz CT molecular complexity index is 305. The van der Waals surface area contributed by atoms with E-state index in [2.05, 4.69) is 4.98 Å². The Morgan fingerprint density at radius 1 is 1.75 bits per heavy atom. The molecule has 0 saturated heterocycles. The molecule has 3 nitrogen and oxygen atoms in total. The molecular formula is C8H8ClN3. The molecule has 0 bridgehead atoms. The summed E-state index contributed by atoms with van der Waals surface area (Å²) in [5, 5.41) is 8.96. The Labute approximate surface area is 75.8 Å². The summed E-state index contributed by atoms with van der Waals surface area (Å²) in [6.07, 6.45) is 3.43. The third-order valence-electron chi connectivity index (χ3n) is 1.51. The maximum Gasteiger partial charge on any atom is 0.0641 e. The van der Waals surface area contributed by atoms with E-state index in [9.17, 15) is 0 Å². The zero-order valence-corrected chi connectivity index (χ0v) is 7.12. The highest BCUT2D eigenvalue weighted by Gasteiger charge is 2.08. The van der Waals surface area contributed by atoms with Crippen LogP contribution < -0.4 is 5.73 Å². The second-order valence-corrected chi connectivity index (χ2v) is 2.77. The molecule has 4 heteroatoms. The van der Waals surface area contributed by atoms with Gasteiger partial charge < -0.3 is 5.73 Å². The van der Waals surface area contributed by atoms with Crippen molar-refractivity contribution < 1.29 is 0 Å². The number of aromatic nitrogens is 1. The van der Waals surface area contributed by atoms with Crippen molar-refractivity contribution in [1.82, 2.24) is 4.98 Å². The SMILES string of the molecule is N#CCC(N)c1cnccc1Cl. The number of halogens is 1. The Morgan fingerprint density at radius 3 is 3.08 bits per heavy atom. The molecule has 0 spiro atoms. The maximum atomic E-state index is 8.40. The van der Waals surface area contributed by atoms with Gasteiger partial charge in [-0.3, -0.25) is 4.98 Å². The van der Waals surface area contributed by atoms with Crippen LogP contribution >= 0.6 is 11.6 Å². The quantitative estimate of drug-likeness (QED) is 0.755. The molecule has 1 unspecified atom stereocenters. The van der Waals surface area contributed by atoms with Crippen LogP contribution in [0.4, 0.5) is 0 Å². The van der Waals surface area contributed by atoms with Crippen LogP contribution in [0.5, 0.6) is 0 Å². The van der Waals surface area contributed by atoms with Gasteiger partial charge in [-0.25, -0.2) is 0 Å². The fourth-order valence-corrected chi connectivity index (χ4v) is 1.12. The zero-order chi connectivity index (χ0) is 8.97. The molecular weight excluding hydrogens is 174 g/mol. The second kappa shape index (κ2) is 4.05. The fraction of sp³-hybridized carbons (Fsp3) is 0.250. The van der Waals surface area contributed by atoms with E-state index in [1.165, 1.54) is 0 Å². The summed E-state index contributed by atoms with van der Waals surface area (Å²) < 4.78 is 0. The molecule has 0 aromatic carbocycles. The minimum atomic E-state index is -0.337. The summed E-state index contributed by atoms with van der Waals surface area (Å²) in [4.78, 5) is 3.87. The molecule has 0 amide bonds. The first kappa shape index (κ1) is 8.98. The molecule has 1 aromatic heterocycles. The van der Waals surface area contributed by atoms with E-state index in [4.69, 9.17) is 22.6 Å². The van der Waals surface area contributed by atoms with Gasteiger partial charge in [-0.15, -0.1) is 0 Å². The summed E-state index contributed by atoms with van der Waals surface area (Å²) in [6.45, 7) is 0. The Hall–Kier alpha value is -1.11. The van der Waals surface area contributed by atoms with Gasteiger partial charge in [-0.05, 0) is 6.07 Å². The largest absolute Gasteiger partial charge is 0.323 e. The first-order valence-electron chi connectivity index (χ1n) is 3.47. The number of nitrogens with zero attached hydrogens (tertiary/aromatic N) is 2. The first-order valence-corrected chi connectivity index (χ1v) is 3.85. The molecule has 0 aliphatic carbocycles. The fourth-order valence-electron chi connectivity index (χ4n) is 0.871. The van der Waals surface area contributed by atoms with Crippen LogP contribution in [0.15, 0.2) is 18.5 Å². The van der Waals surface area contributed by atoms with E-state index >= 15 is 0 Å². The zero-order valence-electron chi connectivity index (χ0n) is 6.37. The lowest BCUT2D eigenvalue weighted by Gasteiger charge is -2.07. The molecule has 1 rings (SSSR count). The van der Waals surface area contributed by atoms with Crippen LogP contribution in [0.2, 0.25) is 5.02 Å². The highest BCUT2D eigenvalue weighted by Crippen LogP contribution is 2.21. The van der Waals surface area contributed by atoms with E-state index < -0.39 is 0 Å². The van der Waals surface area contributed by atoms with Gasteiger partial charge in [-0.1, -0.05) is 11.6 Å². The van der Waals surface area contributed by atoms with Crippen molar-refractivity contribution in [3.05, 3.63) is 29.0 Å². The van der Waals surface area contributed by atoms with Crippen molar-refractivity contribution in [2.75, 3.05) is 0 Å². The lowest BCUT2D eigenvalue weighted by atomic mass is 10.1. The monoisotopic (exact) mass is 181 g/mol. The Kier molecular flexibility index (Phi) is 3.03. The number of rotatable bonds is 2. The Morgan fingerprint density at radius 2 is 2.50 bits per heavy atom. The predicted octanol–water partition coefficient (Wildman–Crippen LogP) is 1.65. The molecule has 62 valence electrons. The third kappa shape index (κ3) is 1.94. The molecule has 12 heavy (non-hydrogen) atoms. The molecule has 1 heterocycles. The molecule has 0 fully saturated rings. The second-order valence-electron chi connectivity index (χ2n) is 2.37. The third-order valence-corrected chi connectivity index (χ3v) is 1.85. The number of hydrogen-bond donors (Lipinski definition) is 1. The van der Waals surface area contributed by atoms with Crippen LogP contribution in [-0.2, 0) is 0 Å². The number of nitriles is 1. The average Bonchev–Trinajstić information content (AvgIpc) is 2.05. The van der Waals surface area contributed by atoms with Crippen LogP contribution in [0.1, 0.15) is 18.0 Å². The minimum Gasteiger partial charge on any atom is -0.323 e. The van der Waals surface area contributed by atoms with Crippen molar-refractivity contribution in [3.63, 3.8) is 0 Å². The predicted molar refractivity (Wildman–Crippen MR) is 46.4 cm³/mol. The van der Waals surface area contributed by atoms with Crippen molar-refractivity contribution in [2.24, 2.45) is 5.73 Å². The molecule has 0 aliphatic heterocycles. The average molecular weight is 182 g/mol. The van der Waals surface area contributed by atoms with E-state index in [1.807, 2.05) is 6.07 Å². The van der Waals surface area contributed by atoms with Gasteiger partial charge in [-0.2, -0.15) is 5.26 Å². The summed E-state index contributed by atoms with van der Waals surface area (Å²) in [5.74, 6) is 0. The standard InChI is InChI=1S/C8H8ClN3/c9-7-2-4-12-5-6(7)8(11)1-3-10/h2,4-5,8H,1,11H2. The van der Waals surface area contributed by atoms with E-state index in [1.54, 1.807) is 18.5 Å².